The average molecular weight is 274 g/mol. The summed E-state index contributed by atoms with van der Waals surface area (Å²) in [7, 11) is 1.88. The van der Waals surface area contributed by atoms with Gasteiger partial charge in [-0.15, -0.1) is 0 Å². The molecular weight excluding hydrogens is 252 g/mol. The van der Waals surface area contributed by atoms with Gasteiger partial charge in [0.15, 0.2) is 5.65 Å². The standard InChI is InChI=1S/C14H22N6/c1-9-5-4-6-20(10(9)2)8-12-17-13(15)11-7-16-19(3)14(11)18-12/h7,9-10H,4-6,8H2,1-3H3,(H2,15,17,18). The van der Waals surface area contributed by atoms with Crippen LogP contribution in [0.3, 0.4) is 0 Å². The van der Waals surface area contributed by atoms with Crippen molar-refractivity contribution in [3.05, 3.63) is 12.0 Å². The number of hydrogen-bond donors (Lipinski definition) is 1. The number of nitrogens with two attached hydrogens (primary N) is 1. The lowest BCUT2D eigenvalue weighted by Crippen LogP contribution is -2.42. The molecule has 6 heteroatoms. The van der Waals surface area contributed by atoms with Crippen LogP contribution in [0.1, 0.15) is 32.5 Å². The van der Waals surface area contributed by atoms with E-state index < -0.39 is 0 Å². The van der Waals surface area contributed by atoms with Crippen LogP contribution in [0.2, 0.25) is 0 Å². The molecule has 0 saturated carbocycles. The van der Waals surface area contributed by atoms with Gasteiger partial charge < -0.3 is 5.73 Å². The number of rotatable bonds is 2. The normalized spacial score (nSPS) is 24.4. The fraction of sp³-hybridized carbons (Fsp3) is 0.643. The molecule has 0 aliphatic carbocycles. The summed E-state index contributed by atoms with van der Waals surface area (Å²) in [5.74, 6) is 2.04. The molecular formula is C14H22N6. The van der Waals surface area contributed by atoms with Crippen LogP contribution in [0.4, 0.5) is 5.82 Å². The van der Waals surface area contributed by atoms with Crippen molar-refractivity contribution < 1.29 is 0 Å². The summed E-state index contributed by atoms with van der Waals surface area (Å²) in [6.45, 7) is 6.47. The lowest BCUT2D eigenvalue weighted by atomic mass is 9.92. The number of anilines is 1. The summed E-state index contributed by atoms with van der Waals surface area (Å²) >= 11 is 0. The van der Waals surface area contributed by atoms with E-state index in [1.165, 1.54) is 12.8 Å². The number of likely N-dealkylation sites (tertiary alicyclic amines) is 1. The third-order valence-corrected chi connectivity index (χ3v) is 4.52. The third kappa shape index (κ3) is 2.24. The van der Waals surface area contributed by atoms with E-state index in [2.05, 4.69) is 33.8 Å². The third-order valence-electron chi connectivity index (χ3n) is 4.52. The van der Waals surface area contributed by atoms with Crippen LogP contribution in [0, 0.1) is 5.92 Å². The lowest BCUT2D eigenvalue weighted by Gasteiger charge is -2.37. The van der Waals surface area contributed by atoms with Crippen molar-refractivity contribution in [1.82, 2.24) is 24.6 Å². The van der Waals surface area contributed by atoms with E-state index in [0.717, 1.165) is 35.9 Å². The van der Waals surface area contributed by atoms with Gasteiger partial charge in [-0.1, -0.05) is 6.92 Å². The highest BCUT2D eigenvalue weighted by Crippen LogP contribution is 2.24. The van der Waals surface area contributed by atoms with Gasteiger partial charge in [0, 0.05) is 13.1 Å². The molecule has 20 heavy (non-hydrogen) atoms. The zero-order valence-corrected chi connectivity index (χ0v) is 12.4. The molecule has 0 amide bonds. The molecule has 1 saturated heterocycles. The zero-order valence-electron chi connectivity index (χ0n) is 12.4. The Morgan fingerprint density at radius 1 is 1.35 bits per heavy atom. The highest BCUT2D eigenvalue weighted by atomic mass is 15.3. The van der Waals surface area contributed by atoms with Crippen molar-refractivity contribution >= 4 is 16.9 Å². The van der Waals surface area contributed by atoms with Gasteiger partial charge in [0.2, 0.25) is 0 Å². The first-order valence-electron chi connectivity index (χ1n) is 7.24. The van der Waals surface area contributed by atoms with Crippen LogP contribution >= 0.6 is 0 Å². The number of nitrogens with zero attached hydrogens (tertiary/aromatic N) is 5. The van der Waals surface area contributed by atoms with E-state index >= 15 is 0 Å². The maximum atomic E-state index is 6.01. The highest BCUT2D eigenvalue weighted by Gasteiger charge is 2.25. The van der Waals surface area contributed by atoms with E-state index in [-0.39, 0.29) is 0 Å². The summed E-state index contributed by atoms with van der Waals surface area (Å²) in [6.07, 6.45) is 4.27. The first-order valence-corrected chi connectivity index (χ1v) is 7.24. The Morgan fingerprint density at radius 2 is 2.15 bits per heavy atom. The van der Waals surface area contributed by atoms with Gasteiger partial charge in [-0.05, 0) is 32.2 Å². The number of aryl methyl sites for hydroxylation is 1. The minimum absolute atomic E-state index is 0.524. The fourth-order valence-electron chi connectivity index (χ4n) is 2.99. The van der Waals surface area contributed by atoms with Crippen LogP contribution in [-0.2, 0) is 13.6 Å². The predicted molar refractivity (Wildman–Crippen MR) is 79.0 cm³/mol. The van der Waals surface area contributed by atoms with Crippen molar-refractivity contribution in [2.45, 2.75) is 39.3 Å². The van der Waals surface area contributed by atoms with Crippen molar-refractivity contribution in [1.29, 1.82) is 0 Å². The summed E-state index contributed by atoms with van der Waals surface area (Å²) < 4.78 is 1.75. The molecule has 2 aromatic heterocycles. The first-order chi connectivity index (χ1) is 9.56. The maximum absolute atomic E-state index is 6.01. The van der Waals surface area contributed by atoms with E-state index in [1.54, 1.807) is 10.9 Å². The Balaban J connectivity index is 1.89. The van der Waals surface area contributed by atoms with Gasteiger partial charge in [-0.2, -0.15) is 5.10 Å². The molecule has 2 N–H and O–H groups in total. The lowest BCUT2D eigenvalue weighted by molar-refractivity contribution is 0.104. The number of hydrogen-bond acceptors (Lipinski definition) is 5. The molecule has 3 rings (SSSR count). The van der Waals surface area contributed by atoms with Crippen molar-refractivity contribution in [2.75, 3.05) is 12.3 Å². The highest BCUT2D eigenvalue weighted by molar-refractivity contribution is 5.84. The topological polar surface area (TPSA) is 72.9 Å². The Kier molecular flexibility index (Phi) is 3.33. The van der Waals surface area contributed by atoms with Crippen LogP contribution < -0.4 is 5.73 Å². The molecule has 2 unspecified atom stereocenters. The quantitative estimate of drug-likeness (QED) is 0.899. The zero-order chi connectivity index (χ0) is 14.3. The number of aromatic nitrogens is 4. The first kappa shape index (κ1) is 13.3. The van der Waals surface area contributed by atoms with E-state index in [1.807, 2.05) is 7.05 Å². The van der Waals surface area contributed by atoms with E-state index in [0.29, 0.717) is 11.9 Å². The second kappa shape index (κ2) is 5.01. The molecule has 1 aliphatic heterocycles. The van der Waals surface area contributed by atoms with Crippen molar-refractivity contribution in [2.24, 2.45) is 13.0 Å². The van der Waals surface area contributed by atoms with Gasteiger partial charge in [-0.3, -0.25) is 9.58 Å². The molecule has 1 aliphatic rings. The maximum Gasteiger partial charge on any atom is 0.163 e. The minimum Gasteiger partial charge on any atom is -0.383 e. The molecule has 0 bridgehead atoms. The summed E-state index contributed by atoms with van der Waals surface area (Å²) in [5, 5.41) is 5.02. The van der Waals surface area contributed by atoms with Crippen LogP contribution in [0.25, 0.3) is 11.0 Å². The van der Waals surface area contributed by atoms with Crippen LogP contribution in [0.5, 0.6) is 0 Å². The van der Waals surface area contributed by atoms with E-state index in [9.17, 15) is 0 Å². The van der Waals surface area contributed by atoms with Crippen LogP contribution in [0.15, 0.2) is 6.20 Å². The number of fused-ring (bicyclic) bond motifs is 1. The summed E-state index contributed by atoms with van der Waals surface area (Å²) in [6, 6.07) is 0.566. The Labute approximate surface area is 119 Å². The smallest absolute Gasteiger partial charge is 0.163 e. The molecule has 0 spiro atoms. The second-order valence-electron chi connectivity index (χ2n) is 5.86. The van der Waals surface area contributed by atoms with E-state index in [4.69, 9.17) is 5.73 Å². The molecule has 0 aromatic carbocycles. The molecule has 3 heterocycles. The van der Waals surface area contributed by atoms with Crippen molar-refractivity contribution in [3.8, 4) is 0 Å². The Hall–Kier alpha value is -1.69. The number of nitrogen functional groups attached to an aromatic ring is 1. The molecule has 1 fully saturated rings. The molecule has 0 radical (unpaired) electrons. The van der Waals surface area contributed by atoms with Gasteiger partial charge in [0.25, 0.3) is 0 Å². The average Bonchev–Trinajstić information content (AvgIpc) is 2.78. The van der Waals surface area contributed by atoms with Crippen LogP contribution in [-0.4, -0.2) is 37.2 Å². The minimum atomic E-state index is 0.524. The fourth-order valence-corrected chi connectivity index (χ4v) is 2.99. The van der Waals surface area contributed by atoms with Gasteiger partial charge in [0.1, 0.15) is 11.6 Å². The number of piperidine rings is 1. The Bertz CT molecular complexity index is 619. The molecule has 6 nitrogen and oxygen atoms in total. The monoisotopic (exact) mass is 274 g/mol. The molecule has 108 valence electrons. The van der Waals surface area contributed by atoms with Gasteiger partial charge >= 0.3 is 0 Å². The molecule has 2 atom stereocenters. The summed E-state index contributed by atoms with van der Waals surface area (Å²) in [4.78, 5) is 11.5. The second-order valence-corrected chi connectivity index (χ2v) is 5.86. The summed E-state index contributed by atoms with van der Waals surface area (Å²) in [5.41, 5.74) is 6.82. The SMILES string of the molecule is CC1CCCN(Cc2nc(N)c3cnn(C)c3n2)C1C. The Morgan fingerprint density at radius 3 is 2.95 bits per heavy atom. The van der Waals surface area contributed by atoms with Gasteiger partial charge in [0.05, 0.1) is 18.1 Å². The largest absolute Gasteiger partial charge is 0.383 e. The predicted octanol–water partition coefficient (Wildman–Crippen LogP) is 1.57. The van der Waals surface area contributed by atoms with Gasteiger partial charge in [-0.25, -0.2) is 9.97 Å². The molecule has 2 aromatic rings. The van der Waals surface area contributed by atoms with Crippen molar-refractivity contribution in [3.63, 3.8) is 0 Å².